The molecule has 0 spiro atoms. The molecular formula is C56H36. The third-order valence-corrected chi connectivity index (χ3v) is 11.6. The van der Waals surface area contributed by atoms with Gasteiger partial charge < -0.3 is 0 Å². The van der Waals surface area contributed by atoms with Crippen molar-refractivity contribution >= 4 is 53.9 Å². The van der Waals surface area contributed by atoms with Gasteiger partial charge >= 0.3 is 0 Å². The average Bonchev–Trinajstić information content (AvgIpc) is 3.27. The fourth-order valence-corrected chi connectivity index (χ4v) is 8.78. The van der Waals surface area contributed by atoms with E-state index in [1.54, 1.807) is 0 Å². The molecule has 260 valence electrons. The van der Waals surface area contributed by atoms with Gasteiger partial charge in [0, 0.05) is 0 Å². The highest BCUT2D eigenvalue weighted by molar-refractivity contribution is 6.15. The molecule has 0 unspecified atom stereocenters. The summed E-state index contributed by atoms with van der Waals surface area (Å²) in [6.07, 6.45) is 0. The highest BCUT2D eigenvalue weighted by Gasteiger charge is 2.18. The first kappa shape index (κ1) is 32.2. The van der Waals surface area contributed by atoms with Crippen LogP contribution >= 0.6 is 0 Å². The predicted octanol–water partition coefficient (Wildman–Crippen LogP) is 15.8. The highest BCUT2D eigenvalue weighted by Crippen LogP contribution is 2.45. The molecule has 0 fully saturated rings. The monoisotopic (exact) mass is 708 g/mol. The Morgan fingerprint density at radius 3 is 1.05 bits per heavy atom. The van der Waals surface area contributed by atoms with E-state index in [4.69, 9.17) is 0 Å². The highest BCUT2D eigenvalue weighted by atomic mass is 14.2. The molecule has 0 nitrogen and oxygen atoms in total. The lowest BCUT2D eigenvalue weighted by Gasteiger charge is -2.19. The van der Waals surface area contributed by atoms with Crippen molar-refractivity contribution in [1.29, 1.82) is 0 Å². The Labute approximate surface area is 326 Å². The summed E-state index contributed by atoms with van der Waals surface area (Å²) in [4.78, 5) is 0. The molecule has 0 N–H and O–H groups in total. The molecule has 0 heterocycles. The summed E-state index contributed by atoms with van der Waals surface area (Å²) in [7, 11) is 0. The summed E-state index contributed by atoms with van der Waals surface area (Å²) in [6, 6.07) is 80.7. The quantitative estimate of drug-likeness (QED) is 0.167. The van der Waals surface area contributed by atoms with Gasteiger partial charge in [0.15, 0.2) is 0 Å². The lowest BCUT2D eigenvalue weighted by molar-refractivity contribution is 1.60. The zero-order valence-electron chi connectivity index (χ0n) is 30.8. The summed E-state index contributed by atoms with van der Waals surface area (Å²) >= 11 is 0. The van der Waals surface area contributed by atoms with Crippen molar-refractivity contribution in [3.8, 4) is 55.6 Å². The molecule has 0 amide bonds. The first-order valence-electron chi connectivity index (χ1n) is 19.4. The van der Waals surface area contributed by atoms with Crippen LogP contribution in [-0.2, 0) is 0 Å². The molecule has 0 aliphatic heterocycles. The van der Waals surface area contributed by atoms with Crippen LogP contribution in [0.4, 0.5) is 0 Å². The SMILES string of the molecule is c1cc(-c2ccc3ccccc3c2)cc(-c2cc(-c3cccc4ccccc34)c3cc(-c4ccc5ccccc5c4)cc(-c4cccc5ccccc45)c3c2)c1. The molecule has 0 aliphatic rings. The summed E-state index contributed by atoms with van der Waals surface area (Å²) in [5, 5.41) is 12.5. The van der Waals surface area contributed by atoms with E-state index in [0.717, 1.165) is 0 Å². The maximum absolute atomic E-state index is 2.44. The predicted molar refractivity (Wildman–Crippen MR) is 241 cm³/mol. The van der Waals surface area contributed by atoms with E-state index in [1.165, 1.54) is 109 Å². The minimum absolute atomic E-state index is 1.20. The third kappa shape index (κ3) is 5.54. The van der Waals surface area contributed by atoms with Gasteiger partial charge in [-0.05, 0) is 152 Å². The molecule has 11 rings (SSSR count). The van der Waals surface area contributed by atoms with Gasteiger partial charge in [0.2, 0.25) is 0 Å². The number of hydrogen-bond donors (Lipinski definition) is 0. The second-order valence-corrected chi connectivity index (χ2v) is 14.9. The van der Waals surface area contributed by atoms with Crippen LogP contribution in [-0.4, -0.2) is 0 Å². The van der Waals surface area contributed by atoms with E-state index in [2.05, 4.69) is 218 Å². The molecular weight excluding hydrogens is 673 g/mol. The lowest BCUT2D eigenvalue weighted by Crippen LogP contribution is -1.92. The number of fused-ring (bicyclic) bond motifs is 5. The van der Waals surface area contributed by atoms with Gasteiger partial charge in [-0.25, -0.2) is 0 Å². The molecule has 0 aromatic heterocycles. The Morgan fingerprint density at radius 1 is 0.161 bits per heavy atom. The van der Waals surface area contributed by atoms with Crippen molar-refractivity contribution in [2.45, 2.75) is 0 Å². The van der Waals surface area contributed by atoms with Crippen molar-refractivity contribution in [3.63, 3.8) is 0 Å². The molecule has 56 heavy (non-hydrogen) atoms. The van der Waals surface area contributed by atoms with Crippen LogP contribution in [0, 0.1) is 0 Å². The van der Waals surface area contributed by atoms with E-state index in [0.29, 0.717) is 0 Å². The molecule has 0 saturated heterocycles. The minimum Gasteiger partial charge on any atom is -0.0616 e. The standard InChI is InChI=1S/C56H36/c1-3-16-41-30-45(28-26-37(41)12-1)43-20-9-21-44(32-43)47-33-53(51-24-10-18-39-14-5-7-22-49(39)51)56-36-48(46-29-27-38-13-2-4-17-42(38)31-46)34-54(55(56)35-47)52-25-11-19-40-15-6-8-23-50(40)52/h1-36H. The van der Waals surface area contributed by atoms with Crippen molar-refractivity contribution < 1.29 is 0 Å². The second-order valence-electron chi connectivity index (χ2n) is 14.9. The Kier molecular flexibility index (Phi) is 7.60. The summed E-state index contributed by atoms with van der Waals surface area (Å²) < 4.78 is 0. The Hall–Kier alpha value is -7.28. The van der Waals surface area contributed by atoms with E-state index in [-0.39, 0.29) is 0 Å². The van der Waals surface area contributed by atoms with E-state index in [1.807, 2.05) is 0 Å². The van der Waals surface area contributed by atoms with Gasteiger partial charge in [0.05, 0.1) is 0 Å². The van der Waals surface area contributed by atoms with E-state index < -0.39 is 0 Å². The average molecular weight is 709 g/mol. The van der Waals surface area contributed by atoms with Crippen LogP contribution in [0.15, 0.2) is 218 Å². The minimum atomic E-state index is 1.20. The van der Waals surface area contributed by atoms with Gasteiger partial charge in [-0.15, -0.1) is 0 Å². The van der Waals surface area contributed by atoms with Crippen molar-refractivity contribution in [3.05, 3.63) is 218 Å². The van der Waals surface area contributed by atoms with Gasteiger partial charge in [-0.2, -0.15) is 0 Å². The van der Waals surface area contributed by atoms with Crippen molar-refractivity contribution in [2.24, 2.45) is 0 Å². The van der Waals surface area contributed by atoms with Crippen molar-refractivity contribution in [1.82, 2.24) is 0 Å². The van der Waals surface area contributed by atoms with Crippen LogP contribution in [0.1, 0.15) is 0 Å². The van der Waals surface area contributed by atoms with Crippen LogP contribution in [0.5, 0.6) is 0 Å². The Morgan fingerprint density at radius 2 is 0.536 bits per heavy atom. The molecule has 0 saturated carbocycles. The molecule has 0 atom stereocenters. The molecule has 0 heteroatoms. The Balaban J connectivity index is 1.22. The van der Waals surface area contributed by atoms with E-state index in [9.17, 15) is 0 Å². The van der Waals surface area contributed by atoms with Crippen LogP contribution < -0.4 is 0 Å². The largest absolute Gasteiger partial charge is 0.0616 e. The lowest BCUT2D eigenvalue weighted by atomic mass is 9.84. The summed E-state index contributed by atoms with van der Waals surface area (Å²) in [5.74, 6) is 0. The normalized spacial score (nSPS) is 11.6. The van der Waals surface area contributed by atoms with Gasteiger partial charge in [0.1, 0.15) is 0 Å². The first-order chi connectivity index (χ1) is 27.7. The summed E-state index contributed by atoms with van der Waals surface area (Å²) in [6.45, 7) is 0. The summed E-state index contributed by atoms with van der Waals surface area (Å²) in [5.41, 5.74) is 12.2. The van der Waals surface area contributed by atoms with E-state index >= 15 is 0 Å². The molecule has 0 radical (unpaired) electrons. The molecule has 11 aromatic rings. The second kappa shape index (κ2) is 13.2. The fourth-order valence-electron chi connectivity index (χ4n) is 8.78. The van der Waals surface area contributed by atoms with Crippen LogP contribution in [0.3, 0.4) is 0 Å². The van der Waals surface area contributed by atoms with Gasteiger partial charge in [0.25, 0.3) is 0 Å². The zero-order chi connectivity index (χ0) is 37.0. The first-order valence-corrected chi connectivity index (χ1v) is 19.4. The number of rotatable bonds is 5. The van der Waals surface area contributed by atoms with Gasteiger partial charge in [-0.1, -0.05) is 176 Å². The van der Waals surface area contributed by atoms with Gasteiger partial charge in [-0.3, -0.25) is 0 Å². The van der Waals surface area contributed by atoms with Crippen LogP contribution in [0.2, 0.25) is 0 Å². The molecule has 11 aromatic carbocycles. The maximum Gasteiger partial charge on any atom is -0.00923 e. The van der Waals surface area contributed by atoms with Crippen LogP contribution in [0.25, 0.3) is 109 Å². The number of hydrogen-bond acceptors (Lipinski definition) is 0. The zero-order valence-corrected chi connectivity index (χ0v) is 30.8. The van der Waals surface area contributed by atoms with Crippen molar-refractivity contribution in [2.75, 3.05) is 0 Å². The topological polar surface area (TPSA) is 0 Å². The molecule has 0 bridgehead atoms. The molecule has 0 aliphatic carbocycles. The smallest absolute Gasteiger partial charge is 0.00923 e. The maximum atomic E-state index is 2.44. The number of benzene rings is 11. The fraction of sp³-hybridized carbons (Fsp3) is 0. The third-order valence-electron chi connectivity index (χ3n) is 11.6. The Bertz CT molecular complexity index is 3300.